The first-order valence-corrected chi connectivity index (χ1v) is 8.79. The Labute approximate surface area is 121 Å². The molecular formula is C11H13F5INS. The molecule has 1 fully saturated rings. The molecule has 1 aliphatic rings. The summed E-state index contributed by atoms with van der Waals surface area (Å²) in [5.74, 6) is 0. The molecule has 8 heteroatoms. The fourth-order valence-corrected chi connectivity index (χ4v) is 3.69. The second kappa shape index (κ2) is 4.12. The Hall–Kier alpha value is -0.250. The smallest absolute Gasteiger partial charge is 0.310 e. The van der Waals surface area contributed by atoms with Crippen LogP contribution in [0.1, 0.15) is 25.7 Å². The molecule has 0 spiro atoms. The predicted octanol–water partition coefficient (Wildman–Crippen LogP) is 6.30. The molecule has 1 saturated carbocycles. The van der Waals surface area contributed by atoms with E-state index in [1.807, 2.05) is 0 Å². The minimum absolute atomic E-state index is 0.162. The van der Waals surface area contributed by atoms with Crippen LogP contribution in [0.15, 0.2) is 23.1 Å². The molecule has 0 heterocycles. The van der Waals surface area contributed by atoms with Gasteiger partial charge in [0.2, 0.25) is 0 Å². The third-order valence-corrected chi connectivity index (χ3v) is 5.14. The third kappa shape index (κ3) is 3.87. The van der Waals surface area contributed by atoms with Crippen molar-refractivity contribution in [3.63, 3.8) is 0 Å². The van der Waals surface area contributed by atoms with Crippen molar-refractivity contribution in [3.05, 3.63) is 21.8 Å². The average Bonchev–Trinajstić information content (AvgIpc) is 2.70. The Morgan fingerprint density at radius 2 is 1.63 bits per heavy atom. The molecule has 1 aliphatic carbocycles. The minimum atomic E-state index is -9.57. The van der Waals surface area contributed by atoms with Gasteiger partial charge in [0.1, 0.15) is 4.90 Å². The maximum atomic E-state index is 12.6. The topological polar surface area (TPSA) is 12.0 Å². The highest BCUT2D eigenvalue weighted by atomic mass is 127. The Bertz CT molecular complexity index is 495. The second-order valence-electron chi connectivity index (χ2n) is 4.74. The SMILES string of the molecule is FS(F)(F)(F)(F)c1ccc(NC2CCCC2)c(I)c1. The van der Waals surface area contributed by atoms with Crippen molar-refractivity contribution < 1.29 is 19.4 Å². The van der Waals surface area contributed by atoms with Crippen LogP contribution in [-0.2, 0) is 0 Å². The lowest BCUT2D eigenvalue weighted by Gasteiger charge is -2.40. The van der Waals surface area contributed by atoms with Gasteiger partial charge in [0.25, 0.3) is 0 Å². The van der Waals surface area contributed by atoms with Crippen molar-refractivity contribution in [2.75, 3.05) is 5.32 Å². The van der Waals surface area contributed by atoms with Crippen LogP contribution in [0.3, 0.4) is 0 Å². The molecule has 1 aromatic carbocycles. The molecule has 1 aromatic rings. The van der Waals surface area contributed by atoms with Gasteiger partial charge < -0.3 is 5.32 Å². The van der Waals surface area contributed by atoms with Crippen LogP contribution in [0, 0.1) is 3.57 Å². The summed E-state index contributed by atoms with van der Waals surface area (Å²) in [5.41, 5.74) is 0.484. The zero-order valence-electron chi connectivity index (χ0n) is 9.81. The Morgan fingerprint density at radius 3 is 2.11 bits per heavy atom. The minimum Gasteiger partial charge on any atom is -0.381 e. The summed E-state index contributed by atoms with van der Waals surface area (Å²) in [6.45, 7) is 0. The van der Waals surface area contributed by atoms with Crippen LogP contribution in [-0.4, -0.2) is 6.04 Å². The molecule has 0 saturated heterocycles. The predicted molar refractivity (Wildman–Crippen MR) is 76.4 cm³/mol. The normalized spacial score (nSPS) is 20.9. The zero-order valence-corrected chi connectivity index (χ0v) is 12.8. The van der Waals surface area contributed by atoms with Gasteiger partial charge in [-0.2, -0.15) is 0 Å². The van der Waals surface area contributed by atoms with Crippen LogP contribution in [0.2, 0.25) is 0 Å². The van der Waals surface area contributed by atoms with Gasteiger partial charge in [-0.15, -0.1) is 0 Å². The van der Waals surface area contributed by atoms with Crippen molar-refractivity contribution in [3.8, 4) is 0 Å². The lowest BCUT2D eigenvalue weighted by molar-refractivity contribution is 0.364. The van der Waals surface area contributed by atoms with E-state index in [0.717, 1.165) is 31.7 Å². The van der Waals surface area contributed by atoms with Crippen LogP contribution in [0.4, 0.5) is 25.1 Å². The first-order valence-electron chi connectivity index (χ1n) is 5.76. The molecule has 1 nitrogen and oxygen atoms in total. The number of hydrogen-bond donors (Lipinski definition) is 1. The van der Waals surface area contributed by atoms with E-state index in [1.54, 1.807) is 22.6 Å². The number of benzene rings is 1. The van der Waals surface area contributed by atoms with Gasteiger partial charge in [0.05, 0.1) is 0 Å². The van der Waals surface area contributed by atoms with Crippen LogP contribution >= 0.6 is 32.8 Å². The van der Waals surface area contributed by atoms with E-state index >= 15 is 0 Å². The lowest BCUT2D eigenvalue weighted by Crippen LogP contribution is -2.15. The van der Waals surface area contributed by atoms with Crippen molar-refractivity contribution in [1.29, 1.82) is 0 Å². The van der Waals surface area contributed by atoms with E-state index in [2.05, 4.69) is 5.32 Å². The summed E-state index contributed by atoms with van der Waals surface area (Å²) < 4.78 is 63.4. The molecule has 0 unspecified atom stereocenters. The van der Waals surface area contributed by atoms with Crippen LogP contribution < -0.4 is 5.32 Å². The number of anilines is 1. The standard InChI is InChI=1S/C11H13F5INS/c12-19(13,14,15,16)9-5-6-11(10(17)7-9)18-8-3-1-2-4-8/h5-8,18H,1-4H2. The molecule has 1 N–H and O–H groups in total. The van der Waals surface area contributed by atoms with Gasteiger partial charge in [-0.05, 0) is 53.6 Å². The van der Waals surface area contributed by atoms with E-state index in [0.29, 0.717) is 17.8 Å². The molecule has 0 aliphatic heterocycles. The van der Waals surface area contributed by atoms with Gasteiger partial charge in [-0.25, -0.2) is 0 Å². The van der Waals surface area contributed by atoms with E-state index in [-0.39, 0.29) is 9.61 Å². The molecule has 0 radical (unpaired) electrons. The monoisotopic (exact) mass is 413 g/mol. The molecule has 2 rings (SSSR count). The Balaban J connectivity index is 2.27. The van der Waals surface area contributed by atoms with Gasteiger partial charge in [0.15, 0.2) is 0 Å². The molecule has 0 bridgehead atoms. The van der Waals surface area contributed by atoms with E-state index < -0.39 is 15.1 Å². The van der Waals surface area contributed by atoms with E-state index in [9.17, 15) is 19.4 Å². The maximum absolute atomic E-state index is 12.6. The van der Waals surface area contributed by atoms with Crippen LogP contribution in [0.25, 0.3) is 0 Å². The summed E-state index contributed by atoms with van der Waals surface area (Å²) in [4.78, 5) is -1.83. The quantitative estimate of drug-likeness (QED) is 0.453. The second-order valence-corrected chi connectivity index (χ2v) is 8.31. The molecular weight excluding hydrogens is 400 g/mol. The summed E-state index contributed by atoms with van der Waals surface area (Å²) in [5, 5.41) is 3.11. The highest BCUT2D eigenvalue weighted by Gasteiger charge is 2.65. The van der Waals surface area contributed by atoms with Gasteiger partial charge in [0, 0.05) is 15.3 Å². The first kappa shape index (κ1) is 15.1. The Morgan fingerprint density at radius 1 is 1.05 bits per heavy atom. The van der Waals surface area contributed by atoms with E-state index in [4.69, 9.17) is 0 Å². The van der Waals surface area contributed by atoms with Gasteiger partial charge in [-0.1, -0.05) is 32.3 Å². The zero-order chi connectivity index (χ0) is 14.4. The maximum Gasteiger partial charge on any atom is 0.310 e. The summed E-state index contributed by atoms with van der Waals surface area (Å²) in [7, 11) is -9.57. The fraction of sp³-hybridized carbons (Fsp3) is 0.455. The first-order chi connectivity index (χ1) is 8.45. The summed E-state index contributed by atoms with van der Waals surface area (Å²) in [6, 6.07) is 2.28. The fourth-order valence-electron chi connectivity index (χ4n) is 2.14. The number of rotatable bonds is 3. The van der Waals surface area contributed by atoms with Crippen molar-refractivity contribution in [1.82, 2.24) is 0 Å². The molecule has 110 valence electrons. The van der Waals surface area contributed by atoms with E-state index in [1.165, 1.54) is 0 Å². The highest BCUT2D eigenvalue weighted by molar-refractivity contribution is 14.1. The van der Waals surface area contributed by atoms with Crippen molar-refractivity contribution >= 4 is 38.5 Å². The Kier molecular flexibility index (Phi) is 3.29. The lowest BCUT2D eigenvalue weighted by atomic mass is 10.2. The molecule has 19 heavy (non-hydrogen) atoms. The van der Waals surface area contributed by atoms with Gasteiger partial charge in [-0.3, -0.25) is 0 Å². The largest absolute Gasteiger partial charge is 0.381 e. The highest BCUT2D eigenvalue weighted by Crippen LogP contribution is 3.02. The van der Waals surface area contributed by atoms with Crippen molar-refractivity contribution in [2.24, 2.45) is 0 Å². The molecule has 0 atom stereocenters. The summed E-state index contributed by atoms with van der Waals surface area (Å²) >= 11 is 1.65. The number of nitrogens with one attached hydrogen (secondary N) is 1. The average molecular weight is 413 g/mol. The number of halogens is 6. The number of hydrogen-bond acceptors (Lipinski definition) is 1. The van der Waals surface area contributed by atoms with Crippen molar-refractivity contribution in [2.45, 2.75) is 36.6 Å². The van der Waals surface area contributed by atoms with Crippen LogP contribution in [0.5, 0.6) is 0 Å². The molecule has 0 amide bonds. The summed E-state index contributed by atoms with van der Waals surface area (Å²) in [6.07, 6.45) is 4.08. The third-order valence-electron chi connectivity index (χ3n) is 3.10. The molecule has 0 aromatic heterocycles. The van der Waals surface area contributed by atoms with Gasteiger partial charge >= 0.3 is 10.2 Å².